The van der Waals surface area contributed by atoms with Gasteiger partial charge in [0, 0.05) is 36.0 Å². The number of esters is 2. The maximum atomic E-state index is 15.1. The number of halogens is 1. The van der Waals surface area contributed by atoms with E-state index < -0.39 is 64.6 Å². The first-order chi connectivity index (χ1) is 38.6. The number of nitrogens with one attached hydrogen (secondary N) is 2. The molecule has 0 saturated heterocycles. The van der Waals surface area contributed by atoms with E-state index in [-0.39, 0.29) is 63.3 Å². The van der Waals surface area contributed by atoms with Crippen molar-refractivity contribution in [1.82, 2.24) is 10.6 Å². The minimum absolute atomic E-state index is 0.0188. The minimum Gasteiger partial charge on any atom is -0.463 e. The molecule has 2 rings (SSSR count). The van der Waals surface area contributed by atoms with Crippen molar-refractivity contribution in [1.29, 1.82) is 5.26 Å². The van der Waals surface area contributed by atoms with Gasteiger partial charge in [-0.05, 0) is 143 Å². The van der Waals surface area contributed by atoms with Gasteiger partial charge in [0.2, 0.25) is 11.8 Å². The normalized spacial score (nSPS) is 15.4. The summed E-state index contributed by atoms with van der Waals surface area (Å²) in [6, 6.07) is 19.8. The molecular formula is C64H102BrN7O10S2. The molecule has 0 aliphatic carbocycles. The van der Waals surface area contributed by atoms with Gasteiger partial charge in [0.1, 0.15) is 19.0 Å². The number of methoxy groups -OCH3 is 1. The van der Waals surface area contributed by atoms with Crippen LogP contribution in [0.4, 0.5) is 0 Å². The Morgan fingerprint density at radius 3 is 1.76 bits per heavy atom. The zero-order valence-corrected chi connectivity index (χ0v) is 57.3. The second-order valence-corrected chi connectivity index (χ2v) is 31.2. The number of carbonyl (C=O) groups excluding carboxylic acids is 4. The first-order valence-electron chi connectivity index (χ1n) is 28.9. The fourth-order valence-electron chi connectivity index (χ4n) is 10.4. The zero-order valence-electron chi connectivity index (χ0n) is 54.1. The van der Waals surface area contributed by atoms with E-state index in [1.54, 1.807) is 27.9 Å². The van der Waals surface area contributed by atoms with Crippen LogP contribution in [0.5, 0.6) is 0 Å². The van der Waals surface area contributed by atoms with Gasteiger partial charge in [0.25, 0.3) is 0 Å². The molecule has 2 aromatic carbocycles. The third-order valence-corrected chi connectivity index (χ3v) is 18.7. The molecule has 0 aromatic heterocycles. The predicted molar refractivity (Wildman–Crippen MR) is 346 cm³/mol. The third kappa shape index (κ3) is 23.0. The summed E-state index contributed by atoms with van der Waals surface area (Å²) < 4.78 is 34.0. The molecule has 0 saturated carbocycles. The summed E-state index contributed by atoms with van der Waals surface area (Å²) in [6.07, 6.45) is 1.70. The average molecular weight is 1270 g/mol. The topological polar surface area (TPSA) is 248 Å². The number of carbonyl (C=O) groups is 4. The lowest BCUT2D eigenvalue weighted by Gasteiger charge is -2.53. The summed E-state index contributed by atoms with van der Waals surface area (Å²) in [5.41, 5.74) is 6.95. The zero-order chi connectivity index (χ0) is 64.2. The number of hydrogen-bond donors (Lipinski definition) is 4. The minimum atomic E-state index is -1.24. The molecule has 2 aromatic rings. The fraction of sp³-hybridized carbons (Fsp3) is 0.688. The highest BCUT2D eigenvalue weighted by atomic mass is 79.9. The molecule has 0 fully saturated rings. The molecule has 3 atom stereocenters. The van der Waals surface area contributed by atoms with Crippen molar-refractivity contribution >= 4 is 79.5 Å². The van der Waals surface area contributed by atoms with E-state index in [1.807, 2.05) is 145 Å². The van der Waals surface area contributed by atoms with Crippen LogP contribution in [0.3, 0.4) is 0 Å². The maximum Gasteiger partial charge on any atom is 0.313 e. The fourth-order valence-corrected chi connectivity index (χ4v) is 12.4. The molecule has 3 unspecified atom stereocenters. The summed E-state index contributed by atoms with van der Waals surface area (Å²) in [6.45, 7) is 36.9. The number of benzene rings is 2. The smallest absolute Gasteiger partial charge is 0.313 e. The number of thioether (sulfide) groups is 1. The Bertz CT molecular complexity index is 2590. The molecule has 0 bridgehead atoms. The molecule has 2 amide bonds. The molecule has 0 aliphatic rings. The SMILES string of the molecule is COCCOCCOCCOC(=O)C(C)(CC(C)(C)C(C)(C#N)CCC(=O)NC(C)(C)CCOC(C)(C)c1ccc(/C(N)=N/N=C(/C)N)cc1)C(C)(C)CC(C)(C)CC(C)(C(=O)OCCNC(=O)C(C)(C)Br)C(C)(C)SC(=S)c1ccccc1. The Labute approximate surface area is 521 Å². The molecule has 0 heterocycles. The van der Waals surface area contributed by atoms with Gasteiger partial charge >= 0.3 is 11.9 Å². The number of nitrogens with two attached hydrogens (primary N) is 2. The van der Waals surface area contributed by atoms with E-state index >= 15 is 4.79 Å². The summed E-state index contributed by atoms with van der Waals surface area (Å²) in [5, 5.41) is 25.0. The monoisotopic (exact) mass is 1270 g/mol. The number of thiocarbonyl (C=S) groups is 1. The van der Waals surface area contributed by atoms with Crippen LogP contribution in [0.2, 0.25) is 0 Å². The molecule has 472 valence electrons. The number of amides is 2. The van der Waals surface area contributed by atoms with E-state index in [2.05, 4.69) is 56.7 Å². The van der Waals surface area contributed by atoms with Crippen molar-refractivity contribution in [3.05, 3.63) is 71.3 Å². The number of hydrogen-bond acceptors (Lipinski definition) is 15. The predicted octanol–water partition coefficient (Wildman–Crippen LogP) is 11.7. The average Bonchev–Trinajstić information content (AvgIpc) is 1.57. The summed E-state index contributed by atoms with van der Waals surface area (Å²) >= 11 is 10.8. The lowest BCUT2D eigenvalue weighted by Crippen LogP contribution is -2.53. The van der Waals surface area contributed by atoms with Gasteiger partial charge in [0.15, 0.2) is 5.84 Å². The van der Waals surface area contributed by atoms with Crippen molar-refractivity contribution in [2.75, 3.05) is 66.5 Å². The number of rotatable bonds is 37. The van der Waals surface area contributed by atoms with Crippen molar-refractivity contribution in [2.24, 2.45) is 54.2 Å². The summed E-state index contributed by atoms with van der Waals surface area (Å²) in [4.78, 5) is 56.5. The van der Waals surface area contributed by atoms with Crippen LogP contribution in [0, 0.1) is 43.8 Å². The van der Waals surface area contributed by atoms with Crippen molar-refractivity contribution in [2.45, 2.75) is 183 Å². The summed E-state index contributed by atoms with van der Waals surface area (Å²) in [5.74, 6) is -0.818. The Hall–Kier alpha value is -4.49. The molecule has 17 nitrogen and oxygen atoms in total. The van der Waals surface area contributed by atoms with Crippen LogP contribution >= 0.6 is 39.9 Å². The molecule has 6 N–H and O–H groups in total. The van der Waals surface area contributed by atoms with Gasteiger partial charge in [-0.25, -0.2) is 0 Å². The molecule has 84 heavy (non-hydrogen) atoms. The van der Waals surface area contributed by atoms with Crippen LogP contribution in [-0.4, -0.2) is 121 Å². The Morgan fingerprint density at radius 2 is 1.21 bits per heavy atom. The Morgan fingerprint density at radius 1 is 0.667 bits per heavy atom. The van der Waals surface area contributed by atoms with E-state index in [4.69, 9.17) is 52.1 Å². The van der Waals surface area contributed by atoms with Crippen LogP contribution < -0.4 is 22.1 Å². The molecule has 0 radical (unpaired) electrons. The van der Waals surface area contributed by atoms with E-state index in [1.165, 1.54) is 11.8 Å². The van der Waals surface area contributed by atoms with Crippen molar-refractivity contribution < 1.29 is 47.6 Å². The van der Waals surface area contributed by atoms with Gasteiger partial charge in [-0.1, -0.05) is 124 Å². The van der Waals surface area contributed by atoms with Crippen molar-refractivity contribution in [3.63, 3.8) is 0 Å². The molecular weight excluding hydrogens is 1170 g/mol. The quantitative estimate of drug-likeness (QED) is 0.00934. The number of ether oxygens (including phenoxy) is 6. The number of amidine groups is 2. The first-order valence-corrected chi connectivity index (χ1v) is 30.9. The lowest BCUT2D eigenvalue weighted by atomic mass is 9.51. The highest BCUT2D eigenvalue weighted by Crippen LogP contribution is 2.60. The second-order valence-electron chi connectivity index (χ2n) is 26.9. The molecule has 0 spiro atoms. The van der Waals surface area contributed by atoms with Crippen LogP contribution in [-0.2, 0) is 53.2 Å². The Balaban J connectivity index is 2.47. The van der Waals surface area contributed by atoms with Gasteiger partial charge < -0.3 is 50.5 Å². The number of nitriles is 1. The number of nitrogens with zero attached hydrogens (tertiary/aromatic N) is 3. The van der Waals surface area contributed by atoms with Crippen molar-refractivity contribution in [3.8, 4) is 6.07 Å². The maximum absolute atomic E-state index is 15.1. The highest BCUT2D eigenvalue weighted by Gasteiger charge is 2.58. The number of alkyl halides is 1. The molecule has 20 heteroatoms. The van der Waals surface area contributed by atoms with Gasteiger partial charge in [0.05, 0.1) is 76.0 Å². The molecule has 0 aliphatic heterocycles. The highest BCUT2D eigenvalue weighted by molar-refractivity contribution is 9.10. The first kappa shape index (κ1) is 75.6. The summed E-state index contributed by atoms with van der Waals surface area (Å²) in [7, 11) is 1.60. The second kappa shape index (κ2) is 31.9. The third-order valence-electron chi connectivity index (χ3n) is 16.5. The largest absolute Gasteiger partial charge is 0.463 e. The van der Waals surface area contributed by atoms with E-state index in [0.29, 0.717) is 67.9 Å². The van der Waals surface area contributed by atoms with Crippen LogP contribution in [0.25, 0.3) is 0 Å². The lowest BCUT2D eigenvalue weighted by molar-refractivity contribution is -0.172. The Kier molecular flexibility index (Phi) is 28.8. The van der Waals surface area contributed by atoms with Gasteiger partial charge in [-0.2, -0.15) is 5.26 Å². The standard InChI is InChI=1S/C64H102BrN7O10S2/c1-45(67)71-72-50(68)46-25-27-48(28-26-46)60(12,13)82-33-31-58(8,9)70-49(73)29-30-62(16,44-66)56(4,5)43-63(17,53(75)81-40-39-79-38-37-78-36-35-77-19)57(6,7)41-55(2,3)42-64(18,54(76)80-34-32-69-52(74)59(10,11)65)61(14,15)84-51(83)47-23-21-20-22-24-47/h20-28H,29-43H2,1-19H3,(H2,67,71)(H2,68,72)(H,69,74)(H,70,73). The van der Waals surface area contributed by atoms with Gasteiger partial charge in [-0.15, -0.1) is 22.0 Å². The van der Waals surface area contributed by atoms with Crippen LogP contribution in [0.1, 0.15) is 180 Å². The van der Waals surface area contributed by atoms with E-state index in [9.17, 15) is 19.6 Å². The van der Waals surface area contributed by atoms with Crippen LogP contribution in [0.15, 0.2) is 64.8 Å². The van der Waals surface area contributed by atoms with Gasteiger partial charge in [-0.3, -0.25) is 19.2 Å². The van der Waals surface area contributed by atoms with E-state index in [0.717, 1.165) is 11.1 Å².